The Morgan fingerprint density at radius 1 is 1.19 bits per heavy atom. The molecular formula is C18H34N2O. The molecule has 0 amide bonds. The average molecular weight is 294 g/mol. The summed E-state index contributed by atoms with van der Waals surface area (Å²) in [6.45, 7) is 10.4. The zero-order valence-corrected chi connectivity index (χ0v) is 14.1. The number of ether oxygens (including phenoxy) is 1. The lowest BCUT2D eigenvalue weighted by atomic mass is 9.70. The minimum atomic E-state index is 0.467. The zero-order valence-electron chi connectivity index (χ0n) is 14.1. The van der Waals surface area contributed by atoms with Gasteiger partial charge in [0.1, 0.15) is 0 Å². The monoisotopic (exact) mass is 294 g/mol. The largest absolute Gasteiger partial charge is 0.376 e. The first-order valence-corrected chi connectivity index (χ1v) is 9.26. The summed E-state index contributed by atoms with van der Waals surface area (Å²) < 4.78 is 5.85. The third-order valence-corrected chi connectivity index (χ3v) is 5.92. The van der Waals surface area contributed by atoms with E-state index < -0.39 is 0 Å². The molecule has 2 saturated carbocycles. The average Bonchev–Trinajstić information content (AvgIpc) is 3.33. The molecule has 2 aliphatic carbocycles. The minimum Gasteiger partial charge on any atom is -0.376 e. The molecule has 3 aliphatic rings. The molecule has 21 heavy (non-hydrogen) atoms. The topological polar surface area (TPSA) is 24.5 Å². The Bertz CT molecular complexity index is 321. The van der Waals surface area contributed by atoms with E-state index in [2.05, 4.69) is 24.1 Å². The maximum absolute atomic E-state index is 5.85. The molecule has 1 saturated heterocycles. The Kier molecular flexibility index (Phi) is 5.23. The van der Waals surface area contributed by atoms with Gasteiger partial charge in [0.2, 0.25) is 0 Å². The van der Waals surface area contributed by atoms with Crippen molar-refractivity contribution in [2.24, 2.45) is 11.3 Å². The molecule has 122 valence electrons. The fourth-order valence-corrected chi connectivity index (χ4v) is 4.06. The smallest absolute Gasteiger partial charge is 0.0700 e. The minimum absolute atomic E-state index is 0.467. The molecule has 1 aliphatic heterocycles. The van der Waals surface area contributed by atoms with Gasteiger partial charge >= 0.3 is 0 Å². The van der Waals surface area contributed by atoms with Gasteiger partial charge in [-0.1, -0.05) is 26.7 Å². The van der Waals surface area contributed by atoms with Crippen molar-refractivity contribution in [1.29, 1.82) is 0 Å². The van der Waals surface area contributed by atoms with Gasteiger partial charge in [0, 0.05) is 32.2 Å². The van der Waals surface area contributed by atoms with E-state index in [1.54, 1.807) is 0 Å². The number of rotatable bonds is 6. The fourth-order valence-electron chi connectivity index (χ4n) is 4.06. The van der Waals surface area contributed by atoms with Crippen molar-refractivity contribution in [1.82, 2.24) is 10.2 Å². The summed E-state index contributed by atoms with van der Waals surface area (Å²) in [6.07, 6.45) is 10.1. The molecule has 1 N–H and O–H groups in total. The summed E-state index contributed by atoms with van der Waals surface area (Å²) in [6, 6.07) is 0.842. The van der Waals surface area contributed by atoms with Crippen LogP contribution in [0.25, 0.3) is 0 Å². The predicted octanol–water partition coefficient (Wildman–Crippen LogP) is 3.05. The third-order valence-electron chi connectivity index (χ3n) is 5.92. The molecule has 3 fully saturated rings. The van der Waals surface area contributed by atoms with Crippen LogP contribution in [0.4, 0.5) is 0 Å². The molecule has 3 heteroatoms. The van der Waals surface area contributed by atoms with Crippen molar-refractivity contribution in [2.75, 3.05) is 32.8 Å². The lowest BCUT2D eigenvalue weighted by Gasteiger charge is -2.45. The lowest BCUT2D eigenvalue weighted by molar-refractivity contribution is -0.0478. The highest BCUT2D eigenvalue weighted by atomic mass is 16.5. The molecule has 3 nitrogen and oxygen atoms in total. The highest BCUT2D eigenvalue weighted by Gasteiger charge is 2.38. The Balaban J connectivity index is 1.57. The summed E-state index contributed by atoms with van der Waals surface area (Å²) in [5.41, 5.74) is 0.532. The lowest BCUT2D eigenvalue weighted by Crippen LogP contribution is -2.51. The van der Waals surface area contributed by atoms with E-state index in [9.17, 15) is 0 Å². The van der Waals surface area contributed by atoms with Crippen LogP contribution in [-0.2, 0) is 4.74 Å². The normalized spacial score (nSPS) is 38.6. The second-order valence-corrected chi connectivity index (χ2v) is 7.97. The maximum atomic E-state index is 5.85. The summed E-state index contributed by atoms with van der Waals surface area (Å²) in [4.78, 5) is 2.70. The van der Waals surface area contributed by atoms with E-state index in [0.717, 1.165) is 38.1 Å². The molecular weight excluding hydrogens is 260 g/mol. The van der Waals surface area contributed by atoms with Crippen molar-refractivity contribution in [2.45, 2.75) is 70.9 Å². The highest BCUT2D eigenvalue weighted by molar-refractivity contribution is 4.93. The van der Waals surface area contributed by atoms with Crippen molar-refractivity contribution < 1.29 is 4.74 Å². The van der Waals surface area contributed by atoms with Gasteiger partial charge in [-0.05, 0) is 43.4 Å². The second-order valence-electron chi connectivity index (χ2n) is 7.97. The van der Waals surface area contributed by atoms with Gasteiger partial charge in [-0.25, -0.2) is 0 Å². The van der Waals surface area contributed by atoms with Gasteiger partial charge in [-0.15, -0.1) is 0 Å². The van der Waals surface area contributed by atoms with Crippen molar-refractivity contribution >= 4 is 0 Å². The summed E-state index contributed by atoms with van der Waals surface area (Å²) >= 11 is 0. The van der Waals surface area contributed by atoms with Crippen LogP contribution in [0.1, 0.15) is 58.8 Å². The molecule has 0 aromatic heterocycles. The van der Waals surface area contributed by atoms with E-state index in [1.807, 2.05) is 0 Å². The van der Waals surface area contributed by atoms with Crippen LogP contribution < -0.4 is 5.32 Å². The Hall–Kier alpha value is -0.120. The molecule has 1 unspecified atom stereocenters. The summed E-state index contributed by atoms with van der Waals surface area (Å²) in [5, 5.41) is 3.84. The Morgan fingerprint density at radius 3 is 2.62 bits per heavy atom. The maximum Gasteiger partial charge on any atom is 0.0700 e. The quantitative estimate of drug-likeness (QED) is 0.815. The van der Waals surface area contributed by atoms with Gasteiger partial charge in [0.25, 0.3) is 0 Å². The van der Waals surface area contributed by atoms with Gasteiger partial charge in [0.05, 0.1) is 12.7 Å². The van der Waals surface area contributed by atoms with Crippen LogP contribution in [-0.4, -0.2) is 49.8 Å². The standard InChI is InChI=1S/C18H34N2O/c1-3-17-12-20(10-11-21-17)14-18(13-19-16-4-5-16)8-6-15(2)7-9-18/h15-17,19H,3-14H2,1-2H3. The van der Waals surface area contributed by atoms with E-state index in [4.69, 9.17) is 4.74 Å². The molecule has 0 bridgehead atoms. The third kappa shape index (κ3) is 4.43. The second kappa shape index (κ2) is 6.97. The zero-order chi connectivity index (χ0) is 14.7. The number of morpholine rings is 1. The SMILES string of the molecule is CCC1CN(CC2(CNC3CC3)CCC(C)CC2)CCO1. The van der Waals surface area contributed by atoms with Crippen LogP contribution in [0, 0.1) is 11.3 Å². The number of nitrogens with one attached hydrogen (secondary N) is 1. The van der Waals surface area contributed by atoms with Crippen LogP contribution in [0.5, 0.6) is 0 Å². The first-order chi connectivity index (χ1) is 10.2. The van der Waals surface area contributed by atoms with E-state index in [-0.39, 0.29) is 0 Å². The number of nitrogens with zero attached hydrogens (tertiary/aromatic N) is 1. The molecule has 3 rings (SSSR count). The fraction of sp³-hybridized carbons (Fsp3) is 1.00. The van der Waals surface area contributed by atoms with Gasteiger partial charge in [-0.2, -0.15) is 0 Å². The molecule has 1 atom stereocenters. The van der Waals surface area contributed by atoms with Crippen molar-refractivity contribution in [3.63, 3.8) is 0 Å². The molecule has 0 spiro atoms. The first kappa shape index (κ1) is 15.8. The molecule has 0 aromatic rings. The van der Waals surface area contributed by atoms with Crippen molar-refractivity contribution in [3.05, 3.63) is 0 Å². The molecule has 0 aromatic carbocycles. The van der Waals surface area contributed by atoms with Crippen molar-refractivity contribution in [3.8, 4) is 0 Å². The van der Waals surface area contributed by atoms with Crippen LogP contribution >= 0.6 is 0 Å². The number of hydrogen-bond donors (Lipinski definition) is 1. The molecule has 0 radical (unpaired) electrons. The highest BCUT2D eigenvalue weighted by Crippen LogP contribution is 2.40. The summed E-state index contributed by atoms with van der Waals surface area (Å²) in [7, 11) is 0. The van der Waals surface area contributed by atoms with Crippen LogP contribution in [0.2, 0.25) is 0 Å². The summed E-state index contributed by atoms with van der Waals surface area (Å²) in [5.74, 6) is 0.937. The predicted molar refractivity (Wildman–Crippen MR) is 87.6 cm³/mol. The first-order valence-electron chi connectivity index (χ1n) is 9.26. The number of hydrogen-bond acceptors (Lipinski definition) is 3. The van der Waals surface area contributed by atoms with E-state index in [0.29, 0.717) is 11.5 Å². The van der Waals surface area contributed by atoms with Gasteiger partial charge in [0.15, 0.2) is 0 Å². The van der Waals surface area contributed by atoms with E-state index >= 15 is 0 Å². The van der Waals surface area contributed by atoms with Crippen LogP contribution in [0.15, 0.2) is 0 Å². The Morgan fingerprint density at radius 2 is 1.95 bits per heavy atom. The molecule has 1 heterocycles. The van der Waals surface area contributed by atoms with Crippen LogP contribution in [0.3, 0.4) is 0 Å². The van der Waals surface area contributed by atoms with Gasteiger partial charge < -0.3 is 10.1 Å². The van der Waals surface area contributed by atoms with Gasteiger partial charge in [-0.3, -0.25) is 4.90 Å². The Labute approximate surface area is 130 Å². The van der Waals surface area contributed by atoms with E-state index in [1.165, 1.54) is 51.6 Å².